The molecule has 1 heterocycles. The van der Waals surface area contributed by atoms with Crippen LogP contribution >= 0.6 is 0 Å². The van der Waals surface area contributed by atoms with Crippen LogP contribution < -0.4 is 0 Å². The maximum absolute atomic E-state index is 12.0. The van der Waals surface area contributed by atoms with Gasteiger partial charge in [0.1, 0.15) is 5.60 Å². The van der Waals surface area contributed by atoms with Crippen LogP contribution in [0.4, 0.5) is 4.79 Å². The van der Waals surface area contributed by atoms with E-state index in [1.54, 1.807) is 27.7 Å². The maximum atomic E-state index is 12.0. The first-order valence-corrected chi connectivity index (χ1v) is 7.21. The lowest BCUT2D eigenvalue weighted by Crippen LogP contribution is -2.45. The van der Waals surface area contributed by atoms with E-state index in [0.29, 0.717) is 0 Å². The van der Waals surface area contributed by atoms with E-state index < -0.39 is 34.0 Å². The zero-order chi connectivity index (χ0) is 17.1. The summed E-state index contributed by atoms with van der Waals surface area (Å²) in [6.45, 7) is 6.98. The number of nitrogens with zero attached hydrogens (tertiary/aromatic N) is 2. The lowest BCUT2D eigenvalue weighted by molar-refractivity contribution is -0.567. The maximum Gasteiger partial charge on any atom is 0.410 e. The minimum absolute atomic E-state index is 0.0337. The Balaban J connectivity index is 2.81. The predicted octanol–water partition coefficient (Wildman–Crippen LogP) is 1.84. The highest BCUT2D eigenvalue weighted by atomic mass is 16.6. The van der Waals surface area contributed by atoms with Gasteiger partial charge >= 0.3 is 12.1 Å². The molecule has 1 fully saturated rings. The molecule has 0 aromatic heterocycles. The molecule has 0 aromatic carbocycles. The fraction of sp³-hybridized carbons (Fsp3) is 0.857. The molecule has 126 valence electrons. The van der Waals surface area contributed by atoms with Crippen molar-refractivity contribution in [3.8, 4) is 0 Å². The summed E-state index contributed by atoms with van der Waals surface area (Å²) in [5, 5.41) is 11.5. The molecular formula is C14H24N2O6. The van der Waals surface area contributed by atoms with Crippen LogP contribution in [0.25, 0.3) is 0 Å². The van der Waals surface area contributed by atoms with Crippen LogP contribution in [0.15, 0.2) is 0 Å². The number of carbonyl (C=O) groups excluding carboxylic acids is 2. The minimum Gasteiger partial charge on any atom is -0.469 e. The molecule has 0 bridgehead atoms. The van der Waals surface area contributed by atoms with Crippen LogP contribution in [-0.4, -0.2) is 53.2 Å². The summed E-state index contributed by atoms with van der Waals surface area (Å²) in [6.07, 6.45) is -0.339. The van der Waals surface area contributed by atoms with E-state index in [2.05, 4.69) is 4.74 Å². The molecule has 0 aliphatic carbocycles. The smallest absolute Gasteiger partial charge is 0.410 e. The number of esters is 1. The molecule has 8 nitrogen and oxygen atoms in total. The first kappa shape index (κ1) is 18.2. The third-order valence-electron chi connectivity index (χ3n) is 3.66. The van der Waals surface area contributed by atoms with Crippen molar-refractivity contribution in [2.24, 2.45) is 5.92 Å². The molecule has 0 N–H and O–H groups in total. The first-order chi connectivity index (χ1) is 10.0. The quantitative estimate of drug-likeness (QED) is 0.446. The number of hydrogen-bond acceptors (Lipinski definition) is 6. The third-order valence-corrected chi connectivity index (χ3v) is 3.66. The van der Waals surface area contributed by atoms with E-state index in [1.165, 1.54) is 12.0 Å². The topological polar surface area (TPSA) is 99.0 Å². The Labute approximate surface area is 129 Å². The van der Waals surface area contributed by atoms with E-state index in [4.69, 9.17) is 4.74 Å². The molecule has 2 atom stereocenters. The van der Waals surface area contributed by atoms with Crippen molar-refractivity contribution in [3.05, 3.63) is 10.1 Å². The number of ether oxygens (including phenoxy) is 2. The summed E-state index contributed by atoms with van der Waals surface area (Å²) in [7, 11) is 1.25. The lowest BCUT2D eigenvalue weighted by Gasteiger charge is -2.26. The van der Waals surface area contributed by atoms with Gasteiger partial charge in [-0.2, -0.15) is 0 Å². The molecule has 1 saturated heterocycles. The van der Waals surface area contributed by atoms with Crippen molar-refractivity contribution in [3.63, 3.8) is 0 Å². The number of methoxy groups -OCH3 is 1. The Morgan fingerprint density at radius 3 is 2.45 bits per heavy atom. The summed E-state index contributed by atoms with van der Waals surface area (Å²) in [5.41, 5.74) is -1.99. The van der Waals surface area contributed by atoms with Crippen molar-refractivity contribution in [1.29, 1.82) is 0 Å². The Morgan fingerprint density at radius 2 is 2.00 bits per heavy atom. The van der Waals surface area contributed by atoms with Gasteiger partial charge < -0.3 is 14.4 Å². The van der Waals surface area contributed by atoms with Crippen molar-refractivity contribution in [2.45, 2.75) is 51.7 Å². The van der Waals surface area contributed by atoms with E-state index in [0.717, 1.165) is 0 Å². The highest BCUT2D eigenvalue weighted by Crippen LogP contribution is 2.32. The molecule has 0 spiro atoms. The minimum atomic E-state index is -1.33. The average Bonchev–Trinajstić information content (AvgIpc) is 2.81. The van der Waals surface area contributed by atoms with Crippen LogP contribution in [-0.2, 0) is 14.3 Å². The molecule has 22 heavy (non-hydrogen) atoms. The van der Waals surface area contributed by atoms with Gasteiger partial charge in [0.15, 0.2) is 0 Å². The number of rotatable bonds is 4. The summed E-state index contributed by atoms with van der Waals surface area (Å²) in [4.78, 5) is 36.0. The molecule has 1 aliphatic rings. The summed E-state index contributed by atoms with van der Waals surface area (Å²) >= 11 is 0. The second kappa shape index (κ2) is 6.50. The number of carbonyl (C=O) groups is 2. The van der Waals surface area contributed by atoms with E-state index in [-0.39, 0.29) is 25.9 Å². The first-order valence-electron chi connectivity index (χ1n) is 7.21. The zero-order valence-corrected chi connectivity index (χ0v) is 13.7. The van der Waals surface area contributed by atoms with E-state index in [1.807, 2.05) is 0 Å². The van der Waals surface area contributed by atoms with Crippen molar-refractivity contribution in [2.75, 3.05) is 20.2 Å². The number of nitro groups is 1. The summed E-state index contributed by atoms with van der Waals surface area (Å²) in [5.74, 6) is -1.09. The van der Waals surface area contributed by atoms with Gasteiger partial charge in [-0.25, -0.2) is 4.79 Å². The van der Waals surface area contributed by atoms with Crippen LogP contribution in [0, 0.1) is 16.0 Å². The third kappa shape index (κ3) is 4.32. The second-order valence-electron chi connectivity index (χ2n) is 6.76. The molecule has 0 radical (unpaired) electrons. The van der Waals surface area contributed by atoms with Gasteiger partial charge in [-0.3, -0.25) is 14.9 Å². The zero-order valence-electron chi connectivity index (χ0n) is 13.7. The van der Waals surface area contributed by atoms with Gasteiger partial charge in [-0.05, 0) is 20.8 Å². The highest BCUT2D eigenvalue weighted by Gasteiger charge is 2.52. The SMILES string of the molecule is COC(=O)C(C)CC1([N+](=O)[O-])CCN(C(=O)OC(C)(C)C)C1. The highest BCUT2D eigenvalue weighted by molar-refractivity contribution is 5.72. The largest absolute Gasteiger partial charge is 0.469 e. The molecular weight excluding hydrogens is 292 g/mol. The van der Waals surface area contributed by atoms with Crippen LogP contribution in [0.2, 0.25) is 0 Å². The van der Waals surface area contributed by atoms with Gasteiger partial charge in [0.25, 0.3) is 0 Å². The molecule has 2 unspecified atom stereocenters. The Hall–Kier alpha value is -1.86. The predicted molar refractivity (Wildman–Crippen MR) is 77.9 cm³/mol. The monoisotopic (exact) mass is 316 g/mol. The normalized spacial score (nSPS) is 23.0. The van der Waals surface area contributed by atoms with Gasteiger partial charge in [0, 0.05) is 24.3 Å². The average molecular weight is 316 g/mol. The van der Waals surface area contributed by atoms with E-state index in [9.17, 15) is 19.7 Å². The molecule has 1 aliphatic heterocycles. The van der Waals surface area contributed by atoms with Crippen LogP contribution in [0.5, 0.6) is 0 Å². The summed E-state index contributed by atoms with van der Waals surface area (Å²) in [6, 6.07) is 0. The van der Waals surface area contributed by atoms with Gasteiger partial charge in [-0.1, -0.05) is 6.92 Å². The molecule has 1 amide bonds. The van der Waals surface area contributed by atoms with Crippen molar-refractivity contribution >= 4 is 12.1 Å². The van der Waals surface area contributed by atoms with Crippen molar-refractivity contribution < 1.29 is 24.0 Å². The van der Waals surface area contributed by atoms with Crippen LogP contribution in [0.1, 0.15) is 40.5 Å². The van der Waals surface area contributed by atoms with E-state index >= 15 is 0 Å². The summed E-state index contributed by atoms with van der Waals surface area (Å²) < 4.78 is 9.86. The number of amides is 1. The number of hydrogen-bond donors (Lipinski definition) is 0. The van der Waals surface area contributed by atoms with Gasteiger partial charge in [0.2, 0.25) is 5.54 Å². The molecule has 1 rings (SSSR count). The van der Waals surface area contributed by atoms with Crippen LogP contribution in [0.3, 0.4) is 0 Å². The Morgan fingerprint density at radius 1 is 1.41 bits per heavy atom. The van der Waals surface area contributed by atoms with Crippen molar-refractivity contribution in [1.82, 2.24) is 4.90 Å². The molecule has 0 saturated carbocycles. The lowest BCUT2D eigenvalue weighted by atomic mass is 9.88. The van der Waals surface area contributed by atoms with Gasteiger partial charge in [-0.15, -0.1) is 0 Å². The Kier molecular flexibility index (Phi) is 5.37. The standard InChI is InChI=1S/C14H24N2O6/c1-10(11(17)21-5)8-14(16(19)20)6-7-15(9-14)12(18)22-13(2,3)4/h10H,6-9H2,1-5H3. The molecule has 0 aromatic rings. The number of likely N-dealkylation sites (tertiary alicyclic amines) is 1. The second-order valence-corrected chi connectivity index (χ2v) is 6.76. The molecule has 8 heteroatoms. The Bertz CT molecular complexity index is 459. The van der Waals surface area contributed by atoms with Gasteiger partial charge in [0.05, 0.1) is 19.6 Å². The fourth-order valence-corrected chi connectivity index (χ4v) is 2.58. The fourth-order valence-electron chi connectivity index (χ4n) is 2.58.